The largest absolute Gasteiger partial charge is 0.368 e. The second-order valence-electron chi connectivity index (χ2n) is 11.9. The Hall–Kier alpha value is -1.74. The minimum atomic E-state index is -0.890. The average Bonchev–Trinajstić information content (AvgIpc) is 3.59. The van der Waals surface area contributed by atoms with Crippen LogP contribution in [0.25, 0.3) is 0 Å². The predicted molar refractivity (Wildman–Crippen MR) is 147 cm³/mol. The quantitative estimate of drug-likeness (QED) is 0.375. The molecule has 0 radical (unpaired) electrons. The fourth-order valence-electron chi connectivity index (χ4n) is 6.15. The topological polar surface area (TPSA) is 102 Å². The predicted octanol–water partition coefficient (Wildman–Crippen LogP) is 3.38. The lowest BCUT2D eigenvalue weighted by atomic mass is 9.96. The van der Waals surface area contributed by atoms with Crippen LogP contribution in [0.4, 0.5) is 0 Å². The first-order chi connectivity index (χ1) is 20.2. The zero-order chi connectivity index (χ0) is 29.5. The smallest absolute Gasteiger partial charge is 0.190 e. The van der Waals surface area contributed by atoms with E-state index >= 15 is 0 Å². The molecule has 0 aromatic heterocycles. The number of hydrogen-bond acceptors (Lipinski definition) is 11. The van der Waals surface area contributed by atoms with E-state index in [0.717, 1.165) is 5.56 Å². The lowest BCUT2D eigenvalue weighted by Gasteiger charge is -2.49. The van der Waals surface area contributed by atoms with Crippen LogP contribution >= 0.6 is 0 Å². The standard InChI is InChI=1S/C31H42O11/c1-7-14-32-23-21-19(16-34-27(37-21)18-12-10-9-11-13-18)36-28(25(23)33-15-8-2)39-24-22(20-17-35-30(3,4)40-20)38-29-26(24)41-31(5,6)42-29/h7-13,19-29H,1-2,14-17H2,3-6H3/t19-,20-,21-,22-,23+,24+,25+,26-,27?,28+,29-/m1/s1. The summed E-state index contributed by atoms with van der Waals surface area (Å²) in [4.78, 5) is 0. The second kappa shape index (κ2) is 12.3. The van der Waals surface area contributed by atoms with Gasteiger partial charge in [0, 0.05) is 5.56 Å². The van der Waals surface area contributed by atoms with Crippen molar-refractivity contribution in [1.29, 1.82) is 0 Å². The van der Waals surface area contributed by atoms with Crippen molar-refractivity contribution in [3.63, 3.8) is 0 Å². The van der Waals surface area contributed by atoms with Crippen LogP contribution in [0.5, 0.6) is 0 Å². The molecule has 232 valence electrons. The molecule has 11 atom stereocenters. The molecule has 0 aliphatic carbocycles. The molecule has 0 bridgehead atoms. The van der Waals surface area contributed by atoms with Crippen molar-refractivity contribution >= 4 is 0 Å². The van der Waals surface area contributed by atoms with Gasteiger partial charge in [-0.05, 0) is 27.7 Å². The lowest BCUT2D eigenvalue weighted by Crippen LogP contribution is -2.64. The van der Waals surface area contributed by atoms with Gasteiger partial charge in [0.2, 0.25) is 0 Å². The SMILES string of the molecule is C=CCO[C@@H]1[C@H](OCC=C)[C@H](O[C@@H]2[C@H]3OC(C)(C)O[C@H]3O[C@@H]2[C@H]2COC(C)(C)O2)O[C@@H]2COC(c3ccccc3)O[C@@H]12. The minimum Gasteiger partial charge on any atom is -0.368 e. The molecule has 0 spiro atoms. The van der Waals surface area contributed by atoms with Gasteiger partial charge in [0.25, 0.3) is 0 Å². The highest BCUT2D eigenvalue weighted by molar-refractivity contribution is 5.17. The maximum Gasteiger partial charge on any atom is 0.190 e. The van der Waals surface area contributed by atoms with Crippen molar-refractivity contribution in [2.45, 2.75) is 107 Å². The van der Waals surface area contributed by atoms with Crippen LogP contribution in [-0.2, 0) is 52.1 Å². The summed E-state index contributed by atoms with van der Waals surface area (Å²) in [6.45, 7) is 16.2. The molecular formula is C31H42O11. The number of benzene rings is 1. The van der Waals surface area contributed by atoms with Gasteiger partial charge in [0.1, 0.15) is 48.8 Å². The van der Waals surface area contributed by atoms with Gasteiger partial charge >= 0.3 is 0 Å². The summed E-state index contributed by atoms with van der Waals surface area (Å²) in [5, 5.41) is 0. The first kappa shape index (κ1) is 30.3. The summed E-state index contributed by atoms with van der Waals surface area (Å²) in [6.07, 6.45) is -3.12. The van der Waals surface area contributed by atoms with Crippen LogP contribution in [-0.4, -0.2) is 99.4 Å². The van der Waals surface area contributed by atoms with Crippen molar-refractivity contribution < 1.29 is 52.1 Å². The summed E-state index contributed by atoms with van der Waals surface area (Å²) in [5.41, 5.74) is 0.903. The number of hydrogen-bond donors (Lipinski definition) is 0. The van der Waals surface area contributed by atoms with Gasteiger partial charge in [-0.3, -0.25) is 0 Å². The normalized spacial score (nSPS) is 42.1. The van der Waals surface area contributed by atoms with Gasteiger partial charge < -0.3 is 52.1 Å². The van der Waals surface area contributed by atoms with Crippen molar-refractivity contribution in [2.75, 3.05) is 26.4 Å². The van der Waals surface area contributed by atoms with Crippen molar-refractivity contribution in [1.82, 2.24) is 0 Å². The van der Waals surface area contributed by atoms with Crippen molar-refractivity contribution in [3.05, 3.63) is 61.2 Å². The Kier molecular flexibility index (Phi) is 8.90. The molecule has 1 aromatic rings. The third-order valence-corrected chi connectivity index (χ3v) is 7.88. The number of rotatable bonds is 10. The van der Waals surface area contributed by atoms with Gasteiger partial charge in [-0.15, -0.1) is 13.2 Å². The molecule has 42 heavy (non-hydrogen) atoms. The molecule has 5 aliphatic heterocycles. The van der Waals surface area contributed by atoms with Crippen LogP contribution in [0.1, 0.15) is 39.5 Å². The van der Waals surface area contributed by atoms with E-state index in [4.69, 9.17) is 52.1 Å². The Bertz CT molecular complexity index is 1080. The summed E-state index contributed by atoms with van der Waals surface area (Å²) in [7, 11) is 0. The molecule has 1 aromatic carbocycles. The Morgan fingerprint density at radius 3 is 2.17 bits per heavy atom. The fourth-order valence-corrected chi connectivity index (χ4v) is 6.15. The minimum absolute atomic E-state index is 0.245. The first-order valence-corrected chi connectivity index (χ1v) is 14.6. The van der Waals surface area contributed by atoms with Crippen molar-refractivity contribution in [3.8, 4) is 0 Å². The molecule has 6 rings (SSSR count). The van der Waals surface area contributed by atoms with E-state index < -0.39 is 79.3 Å². The Labute approximate surface area is 246 Å². The van der Waals surface area contributed by atoms with Gasteiger partial charge in [-0.1, -0.05) is 42.5 Å². The maximum atomic E-state index is 6.77. The van der Waals surface area contributed by atoms with E-state index in [1.54, 1.807) is 12.2 Å². The van der Waals surface area contributed by atoms with Gasteiger partial charge in [-0.25, -0.2) is 0 Å². The third-order valence-electron chi connectivity index (χ3n) is 7.88. The maximum absolute atomic E-state index is 6.77. The number of fused-ring (bicyclic) bond motifs is 2. The Balaban J connectivity index is 1.27. The molecule has 0 saturated carbocycles. The lowest BCUT2D eigenvalue weighted by molar-refractivity contribution is -0.378. The summed E-state index contributed by atoms with van der Waals surface area (Å²) < 4.78 is 69.2. The fraction of sp³-hybridized carbons (Fsp3) is 0.677. The van der Waals surface area contributed by atoms with E-state index in [1.165, 1.54) is 0 Å². The summed E-state index contributed by atoms with van der Waals surface area (Å²) in [5.74, 6) is -1.60. The average molecular weight is 591 g/mol. The molecule has 5 aliphatic rings. The van der Waals surface area contributed by atoms with E-state index in [1.807, 2.05) is 58.0 Å². The second-order valence-corrected chi connectivity index (χ2v) is 11.9. The van der Waals surface area contributed by atoms with E-state index in [0.29, 0.717) is 6.61 Å². The van der Waals surface area contributed by atoms with Crippen LogP contribution in [0.3, 0.4) is 0 Å². The van der Waals surface area contributed by atoms with Crippen LogP contribution in [0.2, 0.25) is 0 Å². The zero-order valence-electron chi connectivity index (χ0n) is 24.6. The first-order valence-electron chi connectivity index (χ1n) is 14.6. The van der Waals surface area contributed by atoms with E-state index in [2.05, 4.69) is 13.2 Å². The van der Waals surface area contributed by atoms with Gasteiger partial charge in [0.15, 0.2) is 30.4 Å². The highest BCUT2D eigenvalue weighted by atomic mass is 16.9. The monoisotopic (exact) mass is 590 g/mol. The number of ether oxygens (including phenoxy) is 11. The summed E-state index contributed by atoms with van der Waals surface area (Å²) in [6, 6.07) is 9.76. The van der Waals surface area contributed by atoms with Crippen LogP contribution in [0, 0.1) is 0 Å². The molecule has 11 nitrogen and oxygen atoms in total. The Morgan fingerprint density at radius 2 is 1.48 bits per heavy atom. The molecule has 5 heterocycles. The molecule has 1 unspecified atom stereocenters. The van der Waals surface area contributed by atoms with Gasteiger partial charge in [-0.2, -0.15) is 0 Å². The molecular weight excluding hydrogens is 548 g/mol. The highest BCUT2D eigenvalue weighted by Gasteiger charge is 2.61. The zero-order valence-corrected chi connectivity index (χ0v) is 24.6. The van der Waals surface area contributed by atoms with E-state index in [-0.39, 0.29) is 19.8 Å². The third kappa shape index (κ3) is 6.24. The molecule has 11 heteroatoms. The Morgan fingerprint density at radius 1 is 0.762 bits per heavy atom. The molecule has 0 N–H and O–H groups in total. The summed E-state index contributed by atoms with van der Waals surface area (Å²) >= 11 is 0. The highest BCUT2D eigenvalue weighted by Crippen LogP contribution is 2.44. The van der Waals surface area contributed by atoms with E-state index in [9.17, 15) is 0 Å². The van der Waals surface area contributed by atoms with Crippen LogP contribution in [0.15, 0.2) is 55.6 Å². The van der Waals surface area contributed by atoms with Crippen molar-refractivity contribution in [2.24, 2.45) is 0 Å². The molecule has 5 fully saturated rings. The van der Waals surface area contributed by atoms with Gasteiger partial charge in [0.05, 0.1) is 26.4 Å². The molecule has 5 saturated heterocycles. The van der Waals surface area contributed by atoms with Crippen LogP contribution < -0.4 is 0 Å². The molecule has 0 amide bonds.